The summed E-state index contributed by atoms with van der Waals surface area (Å²) in [4.78, 5) is 14.1. The number of hydrogen-bond acceptors (Lipinski definition) is 3. The van der Waals surface area contributed by atoms with E-state index >= 15 is 0 Å². The van der Waals surface area contributed by atoms with Gasteiger partial charge in [0.25, 0.3) is 5.91 Å². The Balaban J connectivity index is 1.60. The molecule has 0 saturated carbocycles. The third-order valence-corrected chi connectivity index (χ3v) is 4.55. The summed E-state index contributed by atoms with van der Waals surface area (Å²) in [6.45, 7) is 0.620. The topological polar surface area (TPSA) is 42.7 Å². The molecule has 0 spiro atoms. The number of nitrogens with zero attached hydrogens (tertiary/aromatic N) is 1. The first-order chi connectivity index (χ1) is 12.5. The Bertz CT molecular complexity index is 892. The second kappa shape index (κ2) is 8.19. The molecule has 0 aliphatic heterocycles. The van der Waals surface area contributed by atoms with Crippen LogP contribution in [0.25, 0.3) is 0 Å². The van der Waals surface area contributed by atoms with E-state index in [0.717, 1.165) is 10.0 Å². The number of benzene rings is 2. The van der Waals surface area contributed by atoms with Crippen molar-refractivity contribution < 1.29 is 18.3 Å². The van der Waals surface area contributed by atoms with Crippen molar-refractivity contribution in [3.63, 3.8) is 0 Å². The van der Waals surface area contributed by atoms with Gasteiger partial charge in [-0.15, -0.1) is 0 Å². The zero-order valence-corrected chi connectivity index (χ0v) is 15.7. The van der Waals surface area contributed by atoms with Gasteiger partial charge in [0.2, 0.25) is 0 Å². The van der Waals surface area contributed by atoms with Gasteiger partial charge in [0, 0.05) is 18.1 Å². The molecular formula is C20H17BrFNO3. The molecule has 3 aromatic rings. The second-order valence-electron chi connectivity index (χ2n) is 5.76. The predicted octanol–water partition coefficient (Wildman–Crippen LogP) is 5.03. The lowest BCUT2D eigenvalue weighted by atomic mass is 10.2. The van der Waals surface area contributed by atoms with Crippen LogP contribution in [0.5, 0.6) is 5.75 Å². The van der Waals surface area contributed by atoms with Gasteiger partial charge in [-0.2, -0.15) is 0 Å². The average molecular weight is 418 g/mol. The molecule has 0 unspecified atom stereocenters. The molecule has 0 aliphatic rings. The highest BCUT2D eigenvalue weighted by Crippen LogP contribution is 2.19. The van der Waals surface area contributed by atoms with E-state index in [1.165, 1.54) is 24.3 Å². The minimum atomic E-state index is -0.323. The van der Waals surface area contributed by atoms with Gasteiger partial charge in [0.15, 0.2) is 5.76 Å². The number of rotatable bonds is 6. The highest BCUT2D eigenvalue weighted by Gasteiger charge is 2.17. The second-order valence-corrected chi connectivity index (χ2v) is 6.62. The van der Waals surface area contributed by atoms with Crippen LogP contribution in [0.1, 0.15) is 21.9 Å². The monoisotopic (exact) mass is 417 g/mol. The first kappa shape index (κ1) is 18.2. The Labute approximate surface area is 159 Å². The van der Waals surface area contributed by atoms with Gasteiger partial charge >= 0.3 is 0 Å². The molecule has 1 amide bonds. The number of furan rings is 1. The number of carbonyl (C=O) groups is 1. The van der Waals surface area contributed by atoms with E-state index in [9.17, 15) is 9.18 Å². The third-order valence-electron chi connectivity index (χ3n) is 3.78. The Morgan fingerprint density at radius 1 is 1.12 bits per heavy atom. The summed E-state index contributed by atoms with van der Waals surface area (Å²) in [7, 11) is 1.72. The average Bonchev–Trinajstić information content (AvgIpc) is 3.11. The van der Waals surface area contributed by atoms with Gasteiger partial charge in [0.05, 0.1) is 0 Å². The Morgan fingerprint density at radius 3 is 2.58 bits per heavy atom. The number of amides is 1. The van der Waals surface area contributed by atoms with Gasteiger partial charge in [0.1, 0.15) is 23.9 Å². The molecule has 0 atom stereocenters. The molecular weight excluding hydrogens is 401 g/mol. The largest absolute Gasteiger partial charge is 0.486 e. The van der Waals surface area contributed by atoms with Crippen molar-refractivity contribution in [2.24, 2.45) is 0 Å². The fourth-order valence-corrected chi connectivity index (χ4v) is 2.81. The molecule has 134 valence electrons. The van der Waals surface area contributed by atoms with E-state index in [0.29, 0.717) is 18.1 Å². The quantitative estimate of drug-likeness (QED) is 0.564. The molecule has 2 aromatic carbocycles. The highest BCUT2D eigenvalue weighted by molar-refractivity contribution is 9.10. The third kappa shape index (κ3) is 4.52. The summed E-state index contributed by atoms with van der Waals surface area (Å²) in [6, 6.07) is 16.8. The number of hydrogen-bond donors (Lipinski definition) is 0. The maximum absolute atomic E-state index is 12.9. The van der Waals surface area contributed by atoms with Gasteiger partial charge in [-0.25, -0.2) is 4.39 Å². The van der Waals surface area contributed by atoms with Crippen molar-refractivity contribution in [3.8, 4) is 5.75 Å². The zero-order chi connectivity index (χ0) is 18.5. The smallest absolute Gasteiger partial charge is 0.289 e. The summed E-state index contributed by atoms with van der Waals surface area (Å²) in [5, 5.41) is 0. The molecule has 1 aromatic heterocycles. The summed E-state index contributed by atoms with van der Waals surface area (Å²) >= 11 is 3.48. The van der Waals surface area contributed by atoms with Crippen LogP contribution in [0.2, 0.25) is 0 Å². The predicted molar refractivity (Wildman–Crippen MR) is 99.4 cm³/mol. The van der Waals surface area contributed by atoms with Crippen molar-refractivity contribution in [3.05, 3.63) is 88.0 Å². The SMILES string of the molecule is CN(Cc1ccccc1Br)C(=O)c1ccc(COc2ccc(F)cc2)o1. The first-order valence-electron chi connectivity index (χ1n) is 7.99. The summed E-state index contributed by atoms with van der Waals surface area (Å²) in [5.74, 6) is 0.760. The lowest BCUT2D eigenvalue weighted by molar-refractivity contribution is 0.0749. The standard InChI is InChI=1S/C20H17BrFNO3/c1-23(12-14-4-2-3-5-18(14)21)20(24)19-11-10-17(26-19)13-25-16-8-6-15(22)7-9-16/h2-11H,12-13H2,1H3. The lowest BCUT2D eigenvalue weighted by Crippen LogP contribution is -2.25. The molecule has 0 N–H and O–H groups in total. The van der Waals surface area contributed by atoms with E-state index in [2.05, 4.69) is 15.9 Å². The lowest BCUT2D eigenvalue weighted by Gasteiger charge is -2.16. The van der Waals surface area contributed by atoms with Crippen LogP contribution in [0, 0.1) is 5.82 Å². The van der Waals surface area contributed by atoms with Gasteiger partial charge in [-0.1, -0.05) is 34.1 Å². The molecule has 4 nitrogen and oxygen atoms in total. The molecule has 0 saturated heterocycles. The molecule has 1 heterocycles. The molecule has 0 aliphatic carbocycles. The van der Waals surface area contributed by atoms with Crippen LogP contribution < -0.4 is 4.74 Å². The minimum Gasteiger partial charge on any atom is -0.486 e. The van der Waals surface area contributed by atoms with Crippen molar-refractivity contribution >= 4 is 21.8 Å². The maximum Gasteiger partial charge on any atom is 0.289 e. The van der Waals surface area contributed by atoms with Crippen molar-refractivity contribution in [2.75, 3.05) is 7.05 Å². The van der Waals surface area contributed by atoms with Crippen molar-refractivity contribution in [2.45, 2.75) is 13.2 Å². The fourth-order valence-electron chi connectivity index (χ4n) is 2.40. The van der Waals surface area contributed by atoms with Crippen LogP contribution >= 0.6 is 15.9 Å². The molecule has 3 rings (SSSR count). The number of ether oxygens (including phenoxy) is 1. The summed E-state index contributed by atoms with van der Waals surface area (Å²) in [5.41, 5.74) is 1.01. The number of carbonyl (C=O) groups excluding carboxylic acids is 1. The van der Waals surface area contributed by atoms with E-state index in [4.69, 9.17) is 9.15 Å². The molecule has 6 heteroatoms. The van der Waals surface area contributed by atoms with Crippen molar-refractivity contribution in [1.29, 1.82) is 0 Å². The van der Waals surface area contributed by atoms with Gasteiger partial charge in [-0.3, -0.25) is 4.79 Å². The molecule has 0 bridgehead atoms. The van der Waals surface area contributed by atoms with Crippen LogP contribution in [-0.4, -0.2) is 17.9 Å². The van der Waals surface area contributed by atoms with Crippen LogP contribution in [-0.2, 0) is 13.2 Å². The highest BCUT2D eigenvalue weighted by atomic mass is 79.9. The van der Waals surface area contributed by atoms with E-state index in [-0.39, 0.29) is 24.1 Å². The summed E-state index contributed by atoms with van der Waals surface area (Å²) < 4.78 is 24.9. The minimum absolute atomic E-state index is 0.160. The molecule has 0 radical (unpaired) electrons. The fraction of sp³-hybridized carbons (Fsp3) is 0.150. The normalized spacial score (nSPS) is 10.6. The van der Waals surface area contributed by atoms with Gasteiger partial charge < -0.3 is 14.1 Å². The molecule has 0 fully saturated rings. The van der Waals surface area contributed by atoms with E-state index in [1.807, 2.05) is 24.3 Å². The molecule has 26 heavy (non-hydrogen) atoms. The summed E-state index contributed by atoms with van der Waals surface area (Å²) in [6.07, 6.45) is 0. The van der Waals surface area contributed by atoms with E-state index in [1.54, 1.807) is 24.1 Å². The first-order valence-corrected chi connectivity index (χ1v) is 8.78. The van der Waals surface area contributed by atoms with Crippen LogP contribution in [0.3, 0.4) is 0 Å². The number of halogens is 2. The zero-order valence-electron chi connectivity index (χ0n) is 14.1. The Morgan fingerprint density at radius 2 is 1.85 bits per heavy atom. The van der Waals surface area contributed by atoms with Crippen molar-refractivity contribution in [1.82, 2.24) is 4.90 Å². The van der Waals surface area contributed by atoms with Crippen LogP contribution in [0.4, 0.5) is 4.39 Å². The Kier molecular flexibility index (Phi) is 5.73. The van der Waals surface area contributed by atoms with Crippen LogP contribution in [0.15, 0.2) is 69.6 Å². The van der Waals surface area contributed by atoms with E-state index < -0.39 is 0 Å². The van der Waals surface area contributed by atoms with Gasteiger partial charge in [-0.05, 0) is 48.0 Å². The Hall–Kier alpha value is -2.60. The maximum atomic E-state index is 12.9.